The van der Waals surface area contributed by atoms with Crippen molar-refractivity contribution in [1.29, 1.82) is 0 Å². The first-order valence-corrected chi connectivity index (χ1v) is 6.80. The van der Waals surface area contributed by atoms with Gasteiger partial charge in [0.2, 0.25) is 0 Å². The van der Waals surface area contributed by atoms with Crippen molar-refractivity contribution in [1.82, 2.24) is 0 Å². The molecule has 1 aliphatic rings. The summed E-state index contributed by atoms with van der Waals surface area (Å²) in [6.07, 6.45) is 17.9. The van der Waals surface area contributed by atoms with Gasteiger partial charge in [0, 0.05) is 0 Å². The van der Waals surface area contributed by atoms with Crippen molar-refractivity contribution >= 4 is 0 Å². The van der Waals surface area contributed by atoms with Crippen LogP contribution in [0.3, 0.4) is 0 Å². The van der Waals surface area contributed by atoms with Gasteiger partial charge in [-0.25, -0.2) is 0 Å². The van der Waals surface area contributed by atoms with Crippen LogP contribution in [0.2, 0.25) is 0 Å². The zero-order valence-electron chi connectivity index (χ0n) is 10.8. The third-order valence-corrected chi connectivity index (χ3v) is 3.35. The second-order valence-electron chi connectivity index (χ2n) is 4.72. The number of allylic oxidation sites excluding steroid dienone is 2. The van der Waals surface area contributed by atoms with Gasteiger partial charge in [0.1, 0.15) is 6.10 Å². The van der Waals surface area contributed by atoms with Crippen molar-refractivity contribution in [2.75, 3.05) is 0 Å². The summed E-state index contributed by atoms with van der Waals surface area (Å²) in [7, 11) is 0. The molecule has 0 aromatic rings. The molecule has 1 heteroatoms. The van der Waals surface area contributed by atoms with Gasteiger partial charge >= 0.3 is 0 Å². The molecule has 1 fully saturated rings. The van der Waals surface area contributed by atoms with Gasteiger partial charge in [0.05, 0.1) is 6.26 Å². The Labute approximate surface area is 101 Å². The Morgan fingerprint density at radius 3 is 2.62 bits per heavy atom. The van der Waals surface area contributed by atoms with E-state index in [4.69, 9.17) is 4.74 Å². The van der Waals surface area contributed by atoms with Crippen LogP contribution in [0.15, 0.2) is 24.5 Å². The van der Waals surface area contributed by atoms with E-state index >= 15 is 0 Å². The maximum atomic E-state index is 5.66. The highest BCUT2D eigenvalue weighted by Crippen LogP contribution is 2.26. The Morgan fingerprint density at radius 1 is 1.25 bits per heavy atom. The molecule has 92 valence electrons. The molecule has 0 amide bonds. The normalized spacial score (nSPS) is 20.6. The van der Waals surface area contributed by atoms with Crippen molar-refractivity contribution in [2.24, 2.45) is 5.92 Å². The van der Waals surface area contributed by atoms with E-state index in [-0.39, 0.29) is 6.10 Å². The first-order chi connectivity index (χ1) is 7.86. The Hall–Kier alpha value is -0.720. The van der Waals surface area contributed by atoms with E-state index in [2.05, 4.69) is 25.2 Å². The van der Waals surface area contributed by atoms with Gasteiger partial charge < -0.3 is 4.74 Å². The van der Waals surface area contributed by atoms with Crippen LogP contribution in [0, 0.1) is 5.92 Å². The van der Waals surface area contributed by atoms with E-state index < -0.39 is 0 Å². The number of rotatable bonds is 6. The molecule has 1 saturated carbocycles. The average Bonchev–Trinajstić information content (AvgIpc) is 2.34. The van der Waals surface area contributed by atoms with E-state index in [0.717, 1.165) is 12.3 Å². The summed E-state index contributed by atoms with van der Waals surface area (Å²) in [4.78, 5) is 0. The van der Waals surface area contributed by atoms with Gasteiger partial charge in [0.25, 0.3) is 0 Å². The predicted molar refractivity (Wildman–Crippen MR) is 70.3 cm³/mol. The van der Waals surface area contributed by atoms with Crippen LogP contribution in [0.4, 0.5) is 0 Å². The summed E-state index contributed by atoms with van der Waals surface area (Å²) in [6.45, 7) is 4.19. The molecule has 1 rings (SSSR count). The molecular formula is C15H26O. The zero-order valence-corrected chi connectivity index (χ0v) is 10.8. The summed E-state index contributed by atoms with van der Waals surface area (Å²) in [5.74, 6) is 0.912. The molecule has 0 aliphatic heterocycles. The van der Waals surface area contributed by atoms with Gasteiger partial charge in [-0.05, 0) is 37.8 Å². The van der Waals surface area contributed by atoms with E-state index in [0.29, 0.717) is 0 Å². The smallest absolute Gasteiger partial charge is 0.116 e. The molecule has 0 aromatic heterocycles. The van der Waals surface area contributed by atoms with Crippen molar-refractivity contribution in [3.8, 4) is 0 Å². The number of ether oxygens (including phenoxy) is 1. The van der Waals surface area contributed by atoms with Crippen LogP contribution < -0.4 is 0 Å². The van der Waals surface area contributed by atoms with E-state index in [9.17, 15) is 0 Å². The van der Waals surface area contributed by atoms with Crippen molar-refractivity contribution in [3.63, 3.8) is 0 Å². The average molecular weight is 222 g/mol. The molecule has 0 aromatic carbocycles. The highest BCUT2D eigenvalue weighted by molar-refractivity contribution is 4.88. The molecule has 0 N–H and O–H groups in total. The lowest BCUT2D eigenvalue weighted by atomic mass is 9.87. The van der Waals surface area contributed by atoms with Crippen LogP contribution in [-0.2, 0) is 4.74 Å². The fraction of sp³-hybridized carbons (Fsp3) is 0.733. The fourth-order valence-corrected chi connectivity index (χ4v) is 2.32. The largest absolute Gasteiger partial charge is 0.494 e. The van der Waals surface area contributed by atoms with Gasteiger partial charge in [-0.2, -0.15) is 0 Å². The first kappa shape index (κ1) is 13.3. The Kier molecular flexibility index (Phi) is 7.03. The van der Waals surface area contributed by atoms with Gasteiger partial charge in [-0.15, -0.1) is 0 Å². The SMILES string of the molecule is C/C=C/[C@@H](CC)O/C=C/CC1CCCCC1. The molecule has 1 aliphatic carbocycles. The lowest BCUT2D eigenvalue weighted by Crippen LogP contribution is -2.05. The minimum Gasteiger partial charge on any atom is -0.494 e. The zero-order chi connectivity index (χ0) is 11.6. The van der Waals surface area contributed by atoms with Crippen molar-refractivity contribution < 1.29 is 4.74 Å². The van der Waals surface area contributed by atoms with E-state index in [1.807, 2.05) is 13.2 Å². The minimum atomic E-state index is 0.257. The van der Waals surface area contributed by atoms with Gasteiger partial charge in [-0.1, -0.05) is 45.1 Å². The summed E-state index contributed by atoms with van der Waals surface area (Å²) in [5, 5.41) is 0. The number of hydrogen-bond donors (Lipinski definition) is 0. The lowest BCUT2D eigenvalue weighted by Gasteiger charge is -2.19. The highest BCUT2D eigenvalue weighted by Gasteiger charge is 2.11. The molecular weight excluding hydrogens is 196 g/mol. The van der Waals surface area contributed by atoms with Gasteiger partial charge in [0.15, 0.2) is 0 Å². The quantitative estimate of drug-likeness (QED) is 0.461. The second-order valence-corrected chi connectivity index (χ2v) is 4.72. The van der Waals surface area contributed by atoms with Crippen LogP contribution in [0.25, 0.3) is 0 Å². The Morgan fingerprint density at radius 2 is 2.00 bits per heavy atom. The van der Waals surface area contributed by atoms with Crippen LogP contribution in [-0.4, -0.2) is 6.10 Å². The summed E-state index contributed by atoms with van der Waals surface area (Å²) in [6, 6.07) is 0. The topological polar surface area (TPSA) is 9.23 Å². The second kappa shape index (κ2) is 8.43. The maximum absolute atomic E-state index is 5.66. The first-order valence-electron chi connectivity index (χ1n) is 6.80. The van der Waals surface area contributed by atoms with Crippen LogP contribution >= 0.6 is 0 Å². The number of hydrogen-bond acceptors (Lipinski definition) is 1. The molecule has 0 saturated heterocycles. The van der Waals surface area contributed by atoms with Crippen LogP contribution in [0.5, 0.6) is 0 Å². The Balaban J connectivity index is 2.15. The van der Waals surface area contributed by atoms with Crippen LogP contribution in [0.1, 0.15) is 58.8 Å². The molecule has 0 spiro atoms. The third-order valence-electron chi connectivity index (χ3n) is 3.35. The third kappa shape index (κ3) is 5.39. The van der Waals surface area contributed by atoms with E-state index in [1.54, 1.807) is 0 Å². The highest BCUT2D eigenvalue weighted by atomic mass is 16.5. The molecule has 0 bridgehead atoms. The molecule has 1 atom stereocenters. The standard InChI is InChI=1S/C15H26O/c1-3-9-15(4-2)16-13-8-12-14-10-6-5-7-11-14/h3,8-9,13-15H,4-7,10-12H2,1-2H3/b9-3+,13-8+/t15-/m1/s1. The fourth-order valence-electron chi connectivity index (χ4n) is 2.32. The Bertz CT molecular complexity index is 211. The van der Waals surface area contributed by atoms with E-state index in [1.165, 1.54) is 38.5 Å². The monoisotopic (exact) mass is 222 g/mol. The maximum Gasteiger partial charge on any atom is 0.116 e. The summed E-state index contributed by atoms with van der Waals surface area (Å²) < 4.78 is 5.66. The predicted octanol–water partition coefficient (Wildman–Crippen LogP) is 4.84. The summed E-state index contributed by atoms with van der Waals surface area (Å²) in [5.41, 5.74) is 0. The van der Waals surface area contributed by atoms with Gasteiger partial charge in [-0.3, -0.25) is 0 Å². The molecule has 0 radical (unpaired) electrons. The molecule has 0 heterocycles. The van der Waals surface area contributed by atoms with Crippen molar-refractivity contribution in [2.45, 2.75) is 64.9 Å². The summed E-state index contributed by atoms with van der Waals surface area (Å²) >= 11 is 0. The minimum absolute atomic E-state index is 0.257. The molecule has 16 heavy (non-hydrogen) atoms. The molecule has 0 unspecified atom stereocenters. The van der Waals surface area contributed by atoms with Crippen molar-refractivity contribution in [3.05, 3.63) is 24.5 Å². The molecule has 1 nitrogen and oxygen atoms in total. The lowest BCUT2D eigenvalue weighted by molar-refractivity contribution is 0.181.